The SMILES string of the molecule is CC(C)(C)Oc1ccc(-c2cn(N)c(N)n2)cc1. The predicted octanol–water partition coefficient (Wildman–Crippen LogP) is 2.02. The van der Waals surface area contributed by atoms with Crippen LogP contribution >= 0.6 is 0 Å². The lowest BCUT2D eigenvalue weighted by molar-refractivity contribution is 0.131. The molecule has 0 spiro atoms. The van der Waals surface area contributed by atoms with E-state index in [9.17, 15) is 0 Å². The van der Waals surface area contributed by atoms with Crippen molar-refractivity contribution in [1.82, 2.24) is 9.66 Å². The zero-order valence-electron chi connectivity index (χ0n) is 10.8. The second-order valence-electron chi connectivity index (χ2n) is 5.13. The Balaban J connectivity index is 2.22. The first kappa shape index (κ1) is 12.3. The van der Waals surface area contributed by atoms with Gasteiger partial charge in [0, 0.05) is 5.56 Å². The van der Waals surface area contributed by atoms with Crippen LogP contribution in [-0.4, -0.2) is 15.3 Å². The fraction of sp³-hybridized carbons (Fsp3) is 0.308. The minimum atomic E-state index is -0.204. The third kappa shape index (κ3) is 2.74. The van der Waals surface area contributed by atoms with Gasteiger partial charge in [-0.1, -0.05) is 0 Å². The van der Waals surface area contributed by atoms with E-state index in [1.807, 2.05) is 45.0 Å². The van der Waals surface area contributed by atoms with Gasteiger partial charge in [0.25, 0.3) is 0 Å². The van der Waals surface area contributed by atoms with Crippen LogP contribution in [0.1, 0.15) is 20.8 Å². The molecule has 96 valence electrons. The van der Waals surface area contributed by atoms with E-state index in [4.69, 9.17) is 16.3 Å². The molecule has 18 heavy (non-hydrogen) atoms. The normalized spacial score (nSPS) is 11.5. The molecule has 4 N–H and O–H groups in total. The first-order chi connectivity index (χ1) is 8.35. The van der Waals surface area contributed by atoms with E-state index in [1.165, 1.54) is 4.68 Å². The highest BCUT2D eigenvalue weighted by molar-refractivity contribution is 5.61. The van der Waals surface area contributed by atoms with Crippen molar-refractivity contribution in [1.29, 1.82) is 0 Å². The summed E-state index contributed by atoms with van der Waals surface area (Å²) in [5.74, 6) is 6.71. The summed E-state index contributed by atoms with van der Waals surface area (Å²) in [7, 11) is 0. The van der Waals surface area contributed by atoms with Gasteiger partial charge >= 0.3 is 0 Å². The minimum Gasteiger partial charge on any atom is -0.488 e. The zero-order valence-corrected chi connectivity index (χ0v) is 10.8. The van der Waals surface area contributed by atoms with E-state index in [-0.39, 0.29) is 5.60 Å². The highest BCUT2D eigenvalue weighted by Crippen LogP contribution is 2.24. The van der Waals surface area contributed by atoms with Gasteiger partial charge in [0.15, 0.2) is 0 Å². The van der Waals surface area contributed by atoms with Gasteiger partial charge in [0.05, 0.1) is 11.9 Å². The topological polar surface area (TPSA) is 79.1 Å². The van der Waals surface area contributed by atoms with Crippen molar-refractivity contribution < 1.29 is 4.74 Å². The lowest BCUT2D eigenvalue weighted by Crippen LogP contribution is -2.22. The monoisotopic (exact) mass is 246 g/mol. The van der Waals surface area contributed by atoms with Gasteiger partial charge in [0.1, 0.15) is 11.4 Å². The molecule has 1 aromatic heterocycles. The molecule has 0 radical (unpaired) electrons. The summed E-state index contributed by atoms with van der Waals surface area (Å²) in [5.41, 5.74) is 7.09. The predicted molar refractivity (Wildman–Crippen MR) is 72.6 cm³/mol. The Labute approximate surface area is 106 Å². The molecule has 0 bridgehead atoms. The fourth-order valence-corrected chi connectivity index (χ4v) is 1.59. The second kappa shape index (κ2) is 4.25. The van der Waals surface area contributed by atoms with E-state index in [0.717, 1.165) is 17.0 Å². The summed E-state index contributed by atoms with van der Waals surface area (Å²) in [4.78, 5) is 4.16. The number of benzene rings is 1. The molecule has 0 unspecified atom stereocenters. The minimum absolute atomic E-state index is 0.204. The van der Waals surface area contributed by atoms with Gasteiger partial charge in [-0.2, -0.15) is 0 Å². The molecule has 2 rings (SSSR count). The summed E-state index contributed by atoms with van der Waals surface area (Å²) in [6, 6.07) is 7.68. The molecule has 0 aliphatic carbocycles. The third-order valence-electron chi connectivity index (χ3n) is 2.34. The number of nitrogen functional groups attached to an aromatic ring is 2. The van der Waals surface area contributed by atoms with Crippen molar-refractivity contribution in [3.05, 3.63) is 30.5 Å². The average Bonchev–Trinajstić information content (AvgIpc) is 2.58. The van der Waals surface area contributed by atoms with Crippen LogP contribution in [0.25, 0.3) is 11.3 Å². The fourth-order valence-electron chi connectivity index (χ4n) is 1.59. The average molecular weight is 246 g/mol. The van der Waals surface area contributed by atoms with Crippen molar-refractivity contribution >= 4 is 5.95 Å². The van der Waals surface area contributed by atoms with Crippen LogP contribution in [0.2, 0.25) is 0 Å². The van der Waals surface area contributed by atoms with Crippen molar-refractivity contribution in [3.8, 4) is 17.0 Å². The number of imidazole rings is 1. The molecular weight excluding hydrogens is 228 g/mol. The molecule has 2 aromatic rings. The highest BCUT2D eigenvalue weighted by Gasteiger charge is 2.12. The molecule has 0 fully saturated rings. The Bertz CT molecular complexity index is 518. The number of nitrogens with zero attached hydrogens (tertiary/aromatic N) is 2. The first-order valence-electron chi connectivity index (χ1n) is 5.74. The lowest BCUT2D eigenvalue weighted by atomic mass is 10.1. The Hall–Kier alpha value is -2.17. The van der Waals surface area contributed by atoms with E-state index < -0.39 is 0 Å². The van der Waals surface area contributed by atoms with Crippen molar-refractivity contribution in [2.75, 3.05) is 11.6 Å². The van der Waals surface area contributed by atoms with Gasteiger partial charge in [-0.15, -0.1) is 0 Å². The largest absolute Gasteiger partial charge is 0.488 e. The molecule has 1 aromatic carbocycles. The quantitative estimate of drug-likeness (QED) is 0.794. The molecule has 0 atom stereocenters. The van der Waals surface area contributed by atoms with E-state index in [1.54, 1.807) is 6.20 Å². The number of hydrogen-bond donors (Lipinski definition) is 2. The summed E-state index contributed by atoms with van der Waals surface area (Å²) >= 11 is 0. The molecular formula is C13H18N4O. The number of anilines is 1. The summed E-state index contributed by atoms with van der Waals surface area (Å²) < 4.78 is 7.05. The molecule has 5 heteroatoms. The van der Waals surface area contributed by atoms with Crippen LogP contribution in [0, 0.1) is 0 Å². The van der Waals surface area contributed by atoms with Gasteiger partial charge in [0.2, 0.25) is 5.95 Å². The van der Waals surface area contributed by atoms with Gasteiger partial charge in [-0.3, -0.25) is 0 Å². The molecule has 5 nitrogen and oxygen atoms in total. The number of aromatic nitrogens is 2. The number of rotatable bonds is 2. The summed E-state index contributed by atoms with van der Waals surface area (Å²) in [6.45, 7) is 6.03. The van der Waals surface area contributed by atoms with Crippen LogP contribution < -0.4 is 16.3 Å². The number of ether oxygens (including phenoxy) is 1. The molecule has 0 amide bonds. The van der Waals surface area contributed by atoms with E-state index in [2.05, 4.69) is 4.98 Å². The van der Waals surface area contributed by atoms with Gasteiger partial charge in [-0.25, -0.2) is 9.66 Å². The van der Waals surface area contributed by atoms with Gasteiger partial charge < -0.3 is 16.3 Å². The maximum atomic E-state index is 5.75. The second-order valence-corrected chi connectivity index (χ2v) is 5.13. The van der Waals surface area contributed by atoms with E-state index >= 15 is 0 Å². The maximum Gasteiger partial charge on any atom is 0.219 e. The van der Waals surface area contributed by atoms with Crippen molar-refractivity contribution in [2.45, 2.75) is 26.4 Å². The van der Waals surface area contributed by atoms with Crippen LogP contribution in [0.15, 0.2) is 30.5 Å². The summed E-state index contributed by atoms with van der Waals surface area (Å²) in [6.07, 6.45) is 1.69. The molecule has 0 saturated carbocycles. The standard InChI is InChI=1S/C13H18N4O/c1-13(2,3)18-10-6-4-9(5-7-10)11-8-17(15)12(14)16-11/h4-8H,15H2,1-3H3,(H2,14,16). The Morgan fingerprint density at radius 1 is 1.17 bits per heavy atom. The maximum absolute atomic E-state index is 5.75. The molecule has 0 aliphatic heterocycles. The Morgan fingerprint density at radius 3 is 2.22 bits per heavy atom. The molecule has 0 aliphatic rings. The highest BCUT2D eigenvalue weighted by atomic mass is 16.5. The van der Waals surface area contributed by atoms with Crippen molar-refractivity contribution in [2.24, 2.45) is 0 Å². The first-order valence-corrected chi connectivity index (χ1v) is 5.74. The van der Waals surface area contributed by atoms with Crippen LogP contribution in [0.3, 0.4) is 0 Å². The van der Waals surface area contributed by atoms with Crippen molar-refractivity contribution in [3.63, 3.8) is 0 Å². The zero-order chi connectivity index (χ0) is 13.3. The van der Waals surface area contributed by atoms with Crippen LogP contribution in [0.5, 0.6) is 5.75 Å². The lowest BCUT2D eigenvalue weighted by Gasteiger charge is -2.21. The Morgan fingerprint density at radius 2 is 1.78 bits per heavy atom. The van der Waals surface area contributed by atoms with E-state index in [0.29, 0.717) is 5.95 Å². The van der Waals surface area contributed by atoms with Crippen LogP contribution in [0.4, 0.5) is 5.95 Å². The molecule has 0 saturated heterocycles. The Kier molecular flexibility index (Phi) is 2.90. The van der Waals surface area contributed by atoms with Gasteiger partial charge in [-0.05, 0) is 45.0 Å². The molecule has 1 heterocycles. The summed E-state index contributed by atoms with van der Waals surface area (Å²) in [5, 5.41) is 0. The number of nitrogens with two attached hydrogens (primary N) is 2. The van der Waals surface area contributed by atoms with Crippen LogP contribution in [-0.2, 0) is 0 Å². The number of hydrogen-bond acceptors (Lipinski definition) is 4. The smallest absolute Gasteiger partial charge is 0.219 e. The third-order valence-corrected chi connectivity index (χ3v) is 2.34.